The molecule has 0 spiro atoms. The molecular formula is C34H26N4O4. The lowest BCUT2D eigenvalue weighted by molar-refractivity contribution is 0.465. The van der Waals surface area contributed by atoms with Crippen LogP contribution in [0.1, 0.15) is 29.2 Å². The molecule has 8 nitrogen and oxygen atoms in total. The fourth-order valence-electron chi connectivity index (χ4n) is 5.50. The summed E-state index contributed by atoms with van der Waals surface area (Å²) in [6.45, 7) is 1.83. The van der Waals surface area contributed by atoms with Crippen molar-refractivity contribution in [3.05, 3.63) is 130 Å². The Morgan fingerprint density at radius 3 is 2.50 bits per heavy atom. The van der Waals surface area contributed by atoms with Crippen molar-refractivity contribution in [2.45, 2.75) is 19.4 Å². The van der Waals surface area contributed by atoms with Gasteiger partial charge in [0.2, 0.25) is 0 Å². The third-order valence-corrected chi connectivity index (χ3v) is 7.58. The highest BCUT2D eigenvalue weighted by Gasteiger charge is 2.30. The van der Waals surface area contributed by atoms with Gasteiger partial charge >= 0.3 is 5.63 Å². The van der Waals surface area contributed by atoms with Gasteiger partial charge in [-0.1, -0.05) is 54.6 Å². The van der Waals surface area contributed by atoms with Gasteiger partial charge in [0.15, 0.2) is 0 Å². The van der Waals surface area contributed by atoms with E-state index in [9.17, 15) is 15.0 Å². The predicted molar refractivity (Wildman–Crippen MR) is 163 cm³/mol. The van der Waals surface area contributed by atoms with Crippen molar-refractivity contribution in [3.63, 3.8) is 0 Å². The van der Waals surface area contributed by atoms with Crippen molar-refractivity contribution in [2.75, 3.05) is 5.32 Å². The quantitative estimate of drug-likeness (QED) is 0.201. The molecule has 6 aromatic rings. The van der Waals surface area contributed by atoms with E-state index in [0.29, 0.717) is 33.6 Å². The van der Waals surface area contributed by atoms with Crippen LogP contribution in [0.25, 0.3) is 27.9 Å². The van der Waals surface area contributed by atoms with Crippen LogP contribution in [0.3, 0.4) is 0 Å². The Morgan fingerprint density at radius 1 is 0.905 bits per heavy atom. The monoisotopic (exact) mass is 554 g/mol. The van der Waals surface area contributed by atoms with Gasteiger partial charge in [-0.25, -0.2) is 9.48 Å². The summed E-state index contributed by atoms with van der Waals surface area (Å²) < 4.78 is 7.51. The minimum absolute atomic E-state index is 0.0242. The first-order valence-corrected chi connectivity index (χ1v) is 13.6. The average Bonchev–Trinajstić information content (AvgIpc) is 3.35. The molecular weight excluding hydrogens is 528 g/mol. The number of aromatic nitrogens is 2. The number of para-hydroxylation sites is 5. The van der Waals surface area contributed by atoms with Crippen LogP contribution >= 0.6 is 0 Å². The molecule has 1 atom stereocenters. The van der Waals surface area contributed by atoms with E-state index < -0.39 is 11.7 Å². The molecule has 1 unspecified atom stereocenters. The number of benzene rings is 4. The molecule has 3 N–H and O–H groups in total. The Balaban J connectivity index is 1.44. The van der Waals surface area contributed by atoms with Crippen LogP contribution in [-0.4, -0.2) is 25.7 Å². The molecule has 0 amide bonds. The number of hydrogen-bond acceptors (Lipinski definition) is 7. The summed E-state index contributed by atoms with van der Waals surface area (Å²) in [7, 11) is 0. The SMILES string of the molecule is Cc1cccc2c(O)c(C3=Nc4ccccc4NC(c4cn(-c5ccccc5)nc4-c4ccccc4O)C3)c(=O)oc12. The Morgan fingerprint density at radius 2 is 1.67 bits per heavy atom. The van der Waals surface area contributed by atoms with Crippen LogP contribution in [0.15, 0.2) is 117 Å². The molecule has 0 saturated heterocycles. The summed E-state index contributed by atoms with van der Waals surface area (Å²) in [4.78, 5) is 18.3. The van der Waals surface area contributed by atoms with Crippen LogP contribution in [-0.2, 0) is 0 Å². The summed E-state index contributed by atoms with van der Waals surface area (Å²) in [5, 5.41) is 31.2. The van der Waals surface area contributed by atoms with Crippen LogP contribution in [0, 0.1) is 6.92 Å². The topological polar surface area (TPSA) is 113 Å². The Kier molecular flexibility index (Phi) is 6.09. The summed E-state index contributed by atoms with van der Waals surface area (Å²) in [5.41, 5.74) is 5.01. The number of aliphatic imine (C=N–C) groups is 1. The molecule has 4 aromatic carbocycles. The number of rotatable bonds is 4. The maximum absolute atomic E-state index is 13.4. The highest BCUT2D eigenvalue weighted by Crippen LogP contribution is 2.41. The van der Waals surface area contributed by atoms with E-state index in [1.807, 2.05) is 92.0 Å². The summed E-state index contributed by atoms with van der Waals surface area (Å²) in [5.74, 6) is -0.0640. The summed E-state index contributed by atoms with van der Waals surface area (Å²) in [6.07, 6.45) is 2.15. The Bertz CT molecular complexity index is 2060. The first kappa shape index (κ1) is 25.3. The third kappa shape index (κ3) is 4.30. The maximum Gasteiger partial charge on any atom is 0.349 e. The molecule has 206 valence electrons. The van der Waals surface area contributed by atoms with Crippen LogP contribution < -0.4 is 10.9 Å². The van der Waals surface area contributed by atoms with Crippen molar-refractivity contribution in [2.24, 2.45) is 4.99 Å². The van der Waals surface area contributed by atoms with Gasteiger partial charge in [0.1, 0.15) is 28.3 Å². The lowest BCUT2D eigenvalue weighted by Crippen LogP contribution is -2.20. The van der Waals surface area contributed by atoms with E-state index in [0.717, 1.165) is 22.5 Å². The van der Waals surface area contributed by atoms with Crippen LogP contribution in [0.2, 0.25) is 0 Å². The molecule has 0 bridgehead atoms. The van der Waals surface area contributed by atoms with E-state index in [1.54, 1.807) is 22.9 Å². The molecule has 1 aliphatic rings. The number of phenols is 1. The number of hydrogen-bond donors (Lipinski definition) is 3. The zero-order valence-corrected chi connectivity index (χ0v) is 22.7. The smallest absolute Gasteiger partial charge is 0.349 e. The lowest BCUT2D eigenvalue weighted by atomic mass is 9.95. The second kappa shape index (κ2) is 10.1. The molecule has 2 aromatic heterocycles. The van der Waals surface area contributed by atoms with Gasteiger partial charge in [0, 0.05) is 23.7 Å². The van der Waals surface area contributed by atoms with Gasteiger partial charge in [0.05, 0.1) is 34.2 Å². The second-order valence-corrected chi connectivity index (χ2v) is 10.3. The Hall–Kier alpha value is -5.63. The summed E-state index contributed by atoms with van der Waals surface area (Å²) >= 11 is 0. The minimum atomic E-state index is -0.660. The van der Waals surface area contributed by atoms with E-state index in [4.69, 9.17) is 14.5 Å². The van der Waals surface area contributed by atoms with E-state index in [1.165, 1.54) is 0 Å². The normalized spacial score (nSPS) is 14.6. The first-order chi connectivity index (χ1) is 20.5. The van der Waals surface area contributed by atoms with E-state index in [-0.39, 0.29) is 23.5 Å². The van der Waals surface area contributed by atoms with Gasteiger partial charge in [-0.15, -0.1) is 0 Å². The van der Waals surface area contributed by atoms with Crippen LogP contribution in [0.5, 0.6) is 11.5 Å². The standard InChI is InChI=1S/C34H26N4O4/c1-20-10-9-14-23-32(40)30(34(41)42-33(20)23)28-18-27(35-25-15-6-7-16-26(25)36-28)24-19-38(21-11-3-2-4-12-21)37-31(24)22-13-5-8-17-29(22)39/h2-17,19,27,35,39-40H,18H2,1H3. The molecule has 42 heavy (non-hydrogen) atoms. The number of aryl methyl sites for hydroxylation is 1. The molecule has 0 aliphatic carbocycles. The number of nitrogens with one attached hydrogen (secondary N) is 1. The van der Waals surface area contributed by atoms with Crippen molar-refractivity contribution in [1.29, 1.82) is 0 Å². The number of anilines is 1. The number of fused-ring (bicyclic) bond motifs is 2. The molecule has 3 heterocycles. The zero-order chi connectivity index (χ0) is 28.8. The van der Waals surface area contributed by atoms with Crippen molar-refractivity contribution in [3.8, 4) is 28.4 Å². The zero-order valence-electron chi connectivity index (χ0n) is 22.7. The molecule has 0 fully saturated rings. The van der Waals surface area contributed by atoms with Crippen LogP contribution in [0.4, 0.5) is 11.4 Å². The van der Waals surface area contributed by atoms with Gasteiger partial charge in [0.25, 0.3) is 0 Å². The predicted octanol–water partition coefficient (Wildman–Crippen LogP) is 7.04. The molecule has 1 aliphatic heterocycles. The summed E-state index contributed by atoms with van der Waals surface area (Å²) in [6, 6.07) is 29.3. The van der Waals surface area contributed by atoms with E-state index >= 15 is 0 Å². The van der Waals surface area contributed by atoms with E-state index in [2.05, 4.69) is 5.32 Å². The second-order valence-electron chi connectivity index (χ2n) is 10.3. The van der Waals surface area contributed by atoms with Crippen molar-refractivity contribution in [1.82, 2.24) is 9.78 Å². The highest BCUT2D eigenvalue weighted by molar-refractivity contribution is 6.08. The van der Waals surface area contributed by atoms with Gasteiger partial charge in [-0.3, -0.25) is 4.99 Å². The van der Waals surface area contributed by atoms with Crippen molar-refractivity contribution >= 4 is 28.1 Å². The molecule has 8 heteroatoms. The molecule has 0 saturated carbocycles. The molecule has 7 rings (SSSR count). The lowest BCUT2D eigenvalue weighted by Gasteiger charge is -2.19. The number of nitrogens with zero attached hydrogens (tertiary/aromatic N) is 3. The Labute approximate surface area is 240 Å². The average molecular weight is 555 g/mol. The first-order valence-electron chi connectivity index (χ1n) is 13.6. The van der Waals surface area contributed by atoms with Gasteiger partial charge in [-0.2, -0.15) is 5.10 Å². The molecule has 0 radical (unpaired) electrons. The van der Waals surface area contributed by atoms with Gasteiger partial charge < -0.3 is 19.9 Å². The third-order valence-electron chi connectivity index (χ3n) is 7.58. The van der Waals surface area contributed by atoms with Crippen molar-refractivity contribution < 1.29 is 14.6 Å². The highest BCUT2D eigenvalue weighted by atomic mass is 16.4. The fraction of sp³-hybridized carbons (Fsp3) is 0.0882. The largest absolute Gasteiger partial charge is 0.507 e. The minimum Gasteiger partial charge on any atom is -0.507 e. The fourth-order valence-corrected chi connectivity index (χ4v) is 5.50. The number of phenolic OH excluding ortho intramolecular Hbond substituents is 1. The van der Waals surface area contributed by atoms with Gasteiger partial charge in [-0.05, 0) is 55.0 Å². The number of aromatic hydroxyl groups is 2. The maximum atomic E-state index is 13.4.